The van der Waals surface area contributed by atoms with E-state index in [9.17, 15) is 0 Å². The molecule has 4 N–H and O–H groups in total. The summed E-state index contributed by atoms with van der Waals surface area (Å²) < 4.78 is 0. The second-order valence-electron chi connectivity index (χ2n) is 1.14. The molecule has 0 aromatic heterocycles. The molecule has 2 nitrogen and oxygen atoms in total. The molecule has 0 fully saturated rings. The van der Waals surface area contributed by atoms with E-state index in [1.54, 1.807) is 6.08 Å². The Bertz CT molecular complexity index is 47.0. The summed E-state index contributed by atoms with van der Waals surface area (Å²) in [5.74, 6) is 0. The number of rotatable bonds is 2. The first kappa shape index (κ1) is 10.0. The minimum atomic E-state index is -0.0231. The predicted molar refractivity (Wildman–Crippen MR) is 34.5 cm³/mol. The van der Waals surface area contributed by atoms with Crippen LogP contribution in [0.1, 0.15) is 0 Å². The fourth-order valence-electron chi connectivity index (χ4n) is 0.0962. The lowest BCUT2D eigenvalue weighted by molar-refractivity contribution is 0.825. The summed E-state index contributed by atoms with van der Waals surface area (Å²) in [6.45, 7) is 3.92. The molecular formula is C4H11ClN2. The molecule has 0 aromatic carbocycles. The summed E-state index contributed by atoms with van der Waals surface area (Å²) in [6.07, 6.45) is 1.62. The number of hydrogen-bond acceptors (Lipinski definition) is 2. The highest BCUT2D eigenvalue weighted by molar-refractivity contribution is 5.85. The number of hydrogen-bond donors (Lipinski definition) is 2. The topological polar surface area (TPSA) is 52.0 Å². The van der Waals surface area contributed by atoms with E-state index in [1.807, 2.05) is 0 Å². The van der Waals surface area contributed by atoms with Gasteiger partial charge in [-0.15, -0.1) is 19.0 Å². The van der Waals surface area contributed by atoms with Gasteiger partial charge in [0.15, 0.2) is 0 Å². The molecule has 0 aliphatic carbocycles. The molecule has 0 amide bonds. The van der Waals surface area contributed by atoms with Crippen LogP contribution in [0, 0.1) is 0 Å². The maximum Gasteiger partial charge on any atom is 0.0346 e. The summed E-state index contributed by atoms with van der Waals surface area (Å²) in [5, 5.41) is 0. The van der Waals surface area contributed by atoms with Crippen molar-refractivity contribution >= 4 is 12.4 Å². The second kappa shape index (κ2) is 5.95. The van der Waals surface area contributed by atoms with Gasteiger partial charge in [0.1, 0.15) is 0 Å². The summed E-state index contributed by atoms with van der Waals surface area (Å²) in [5.41, 5.74) is 10.3. The number of nitrogens with two attached hydrogens (primary N) is 2. The van der Waals surface area contributed by atoms with Gasteiger partial charge in [-0.2, -0.15) is 0 Å². The molecule has 0 aromatic rings. The molecule has 0 spiro atoms. The lowest BCUT2D eigenvalue weighted by Gasteiger charge is -1.95. The fraction of sp³-hybridized carbons (Fsp3) is 0.500. The van der Waals surface area contributed by atoms with Crippen LogP contribution in [0.4, 0.5) is 0 Å². The van der Waals surface area contributed by atoms with Crippen LogP contribution in [0.5, 0.6) is 0 Å². The van der Waals surface area contributed by atoms with Crippen molar-refractivity contribution in [2.24, 2.45) is 11.5 Å². The predicted octanol–water partition coefficient (Wildman–Crippen LogP) is -0.120. The quantitative estimate of drug-likeness (QED) is 0.502. The van der Waals surface area contributed by atoms with E-state index in [0.717, 1.165) is 0 Å². The highest BCUT2D eigenvalue weighted by Crippen LogP contribution is 1.67. The Balaban J connectivity index is 0. The largest absolute Gasteiger partial charge is 0.329 e. The molecule has 0 saturated heterocycles. The summed E-state index contributed by atoms with van der Waals surface area (Å²) in [7, 11) is 0. The normalized spacial score (nSPS) is 11.7. The van der Waals surface area contributed by atoms with E-state index in [0.29, 0.717) is 6.54 Å². The minimum Gasteiger partial charge on any atom is -0.329 e. The smallest absolute Gasteiger partial charge is 0.0346 e. The average molecular weight is 123 g/mol. The van der Waals surface area contributed by atoms with Crippen LogP contribution < -0.4 is 11.5 Å². The first-order chi connectivity index (χ1) is 2.81. The maximum absolute atomic E-state index is 5.23. The Morgan fingerprint density at radius 1 is 1.71 bits per heavy atom. The van der Waals surface area contributed by atoms with Gasteiger partial charge in [0.2, 0.25) is 0 Å². The molecule has 0 bridgehead atoms. The Kier molecular flexibility index (Phi) is 8.54. The molecule has 0 aliphatic heterocycles. The van der Waals surface area contributed by atoms with E-state index >= 15 is 0 Å². The SMILES string of the molecule is C=CC(N)CN.Cl. The zero-order valence-corrected chi connectivity index (χ0v) is 4.95. The van der Waals surface area contributed by atoms with Crippen molar-refractivity contribution in [1.82, 2.24) is 0 Å². The molecular weight excluding hydrogens is 112 g/mol. The molecule has 0 saturated carbocycles. The standard InChI is InChI=1S/C4H10N2.ClH/c1-2-4(6)3-5;/h2,4H,1,3,5-6H2;1H. The molecule has 3 heteroatoms. The lowest BCUT2D eigenvalue weighted by atomic mass is 10.3. The number of halogens is 1. The van der Waals surface area contributed by atoms with E-state index in [2.05, 4.69) is 6.58 Å². The third-order valence-corrected chi connectivity index (χ3v) is 0.575. The highest BCUT2D eigenvalue weighted by Gasteiger charge is 1.84. The summed E-state index contributed by atoms with van der Waals surface area (Å²) >= 11 is 0. The van der Waals surface area contributed by atoms with Crippen molar-refractivity contribution in [3.05, 3.63) is 12.7 Å². The third-order valence-electron chi connectivity index (χ3n) is 0.575. The molecule has 0 rings (SSSR count). The van der Waals surface area contributed by atoms with Crippen LogP contribution in [0.25, 0.3) is 0 Å². The average Bonchev–Trinajstić information content (AvgIpc) is 1.65. The van der Waals surface area contributed by atoms with E-state index in [-0.39, 0.29) is 18.4 Å². The van der Waals surface area contributed by atoms with Gasteiger partial charge >= 0.3 is 0 Å². The first-order valence-corrected chi connectivity index (χ1v) is 1.89. The van der Waals surface area contributed by atoms with Gasteiger partial charge < -0.3 is 11.5 Å². The van der Waals surface area contributed by atoms with Gasteiger partial charge in [-0.3, -0.25) is 0 Å². The van der Waals surface area contributed by atoms with E-state index in [1.165, 1.54) is 0 Å². The van der Waals surface area contributed by atoms with Crippen molar-refractivity contribution < 1.29 is 0 Å². The van der Waals surface area contributed by atoms with Gasteiger partial charge in [-0.25, -0.2) is 0 Å². The monoisotopic (exact) mass is 122 g/mol. The van der Waals surface area contributed by atoms with Crippen molar-refractivity contribution in [2.45, 2.75) is 6.04 Å². The van der Waals surface area contributed by atoms with Gasteiger partial charge in [0, 0.05) is 12.6 Å². The van der Waals surface area contributed by atoms with Crippen LogP contribution in [0.2, 0.25) is 0 Å². The van der Waals surface area contributed by atoms with E-state index < -0.39 is 0 Å². The molecule has 0 radical (unpaired) electrons. The van der Waals surface area contributed by atoms with Gasteiger partial charge in [0.05, 0.1) is 0 Å². The van der Waals surface area contributed by atoms with E-state index in [4.69, 9.17) is 11.5 Å². The molecule has 0 aliphatic rings. The fourth-order valence-corrected chi connectivity index (χ4v) is 0.0962. The van der Waals surface area contributed by atoms with Crippen LogP contribution in [0.3, 0.4) is 0 Å². The molecule has 1 atom stereocenters. The second-order valence-corrected chi connectivity index (χ2v) is 1.14. The Hall–Kier alpha value is -0.0500. The molecule has 0 heterocycles. The highest BCUT2D eigenvalue weighted by atomic mass is 35.5. The van der Waals surface area contributed by atoms with Crippen molar-refractivity contribution in [1.29, 1.82) is 0 Å². The van der Waals surface area contributed by atoms with Crippen LogP contribution in [-0.4, -0.2) is 12.6 Å². The Morgan fingerprint density at radius 3 is 2.14 bits per heavy atom. The van der Waals surface area contributed by atoms with Crippen molar-refractivity contribution in [3.8, 4) is 0 Å². The van der Waals surface area contributed by atoms with Crippen LogP contribution in [0.15, 0.2) is 12.7 Å². The van der Waals surface area contributed by atoms with Crippen LogP contribution in [-0.2, 0) is 0 Å². The zero-order valence-electron chi connectivity index (χ0n) is 4.13. The zero-order chi connectivity index (χ0) is 4.99. The summed E-state index contributed by atoms with van der Waals surface area (Å²) in [6, 6.07) is -0.0231. The lowest BCUT2D eigenvalue weighted by Crippen LogP contribution is -2.26. The molecule has 44 valence electrons. The van der Waals surface area contributed by atoms with Crippen molar-refractivity contribution in [2.75, 3.05) is 6.54 Å². The van der Waals surface area contributed by atoms with Crippen LogP contribution >= 0.6 is 12.4 Å². The van der Waals surface area contributed by atoms with Gasteiger partial charge in [0.25, 0.3) is 0 Å². The molecule has 7 heavy (non-hydrogen) atoms. The third kappa shape index (κ3) is 5.95. The minimum absolute atomic E-state index is 0. The first-order valence-electron chi connectivity index (χ1n) is 1.89. The Labute approximate surface area is 50.0 Å². The maximum atomic E-state index is 5.23. The summed E-state index contributed by atoms with van der Waals surface area (Å²) in [4.78, 5) is 0. The molecule has 1 unspecified atom stereocenters. The van der Waals surface area contributed by atoms with Gasteiger partial charge in [-0.1, -0.05) is 6.08 Å². The van der Waals surface area contributed by atoms with Crippen molar-refractivity contribution in [3.63, 3.8) is 0 Å². The Morgan fingerprint density at radius 2 is 2.14 bits per heavy atom. The van der Waals surface area contributed by atoms with Gasteiger partial charge in [-0.05, 0) is 0 Å².